The lowest BCUT2D eigenvalue weighted by Gasteiger charge is -2.47. The van der Waals surface area contributed by atoms with E-state index in [1.165, 1.54) is 12.1 Å². The highest BCUT2D eigenvalue weighted by molar-refractivity contribution is 5.95. The third-order valence-electron chi connectivity index (χ3n) is 10.7. The summed E-state index contributed by atoms with van der Waals surface area (Å²) in [5, 5.41) is 0.317. The monoisotopic (exact) mass is 586 g/mol. The number of hydrogen-bond acceptors (Lipinski definition) is 7. The Hall–Kier alpha value is -3.66. The molecule has 224 valence electrons. The molecule has 8 rings (SSSR count). The first-order valence-electron chi connectivity index (χ1n) is 15.7. The minimum Gasteiger partial charge on any atom is -0.461 e. The van der Waals surface area contributed by atoms with Gasteiger partial charge in [-0.1, -0.05) is 6.58 Å². The summed E-state index contributed by atoms with van der Waals surface area (Å²) in [5.74, 6) is -0.999. The van der Waals surface area contributed by atoms with Gasteiger partial charge in [-0.3, -0.25) is 14.7 Å². The van der Waals surface area contributed by atoms with Crippen LogP contribution in [0.1, 0.15) is 56.1 Å². The Bertz CT molecular complexity index is 1640. The van der Waals surface area contributed by atoms with Gasteiger partial charge in [0.1, 0.15) is 23.8 Å². The van der Waals surface area contributed by atoms with E-state index in [1.54, 1.807) is 6.20 Å². The van der Waals surface area contributed by atoms with Gasteiger partial charge in [0.15, 0.2) is 5.82 Å². The molecule has 0 unspecified atom stereocenters. The number of nitrogens with zero attached hydrogens (tertiary/aromatic N) is 6. The predicted octanol–water partition coefficient (Wildman–Crippen LogP) is 4.83. The van der Waals surface area contributed by atoms with Gasteiger partial charge in [-0.2, -0.15) is 9.97 Å². The molecule has 0 spiro atoms. The van der Waals surface area contributed by atoms with E-state index >= 15 is 8.78 Å². The van der Waals surface area contributed by atoms with Crippen molar-refractivity contribution in [2.24, 2.45) is 0 Å². The minimum atomic E-state index is -0.710. The number of aromatic nitrogens is 3. The summed E-state index contributed by atoms with van der Waals surface area (Å²) in [6.45, 7) is 7.35. The smallest absolute Gasteiger partial charge is 0.319 e. The zero-order valence-electron chi connectivity index (χ0n) is 24.3. The van der Waals surface area contributed by atoms with Crippen molar-refractivity contribution >= 4 is 22.6 Å². The van der Waals surface area contributed by atoms with Gasteiger partial charge in [0.2, 0.25) is 5.91 Å². The van der Waals surface area contributed by atoms with E-state index in [0.717, 1.165) is 82.0 Å². The van der Waals surface area contributed by atoms with Crippen LogP contribution < -0.4 is 9.64 Å². The predicted molar refractivity (Wildman–Crippen MR) is 159 cm³/mol. The molecule has 8 nitrogen and oxygen atoms in total. The van der Waals surface area contributed by atoms with E-state index in [1.807, 2.05) is 11.1 Å². The Kier molecular flexibility index (Phi) is 6.40. The Morgan fingerprint density at radius 1 is 1.07 bits per heavy atom. The summed E-state index contributed by atoms with van der Waals surface area (Å²) in [7, 11) is 0. The summed E-state index contributed by atoms with van der Waals surface area (Å²) < 4.78 is 39.0. The highest BCUT2D eigenvalue weighted by atomic mass is 19.1. The molecule has 2 aromatic heterocycles. The molecule has 1 aliphatic carbocycles. The molecule has 4 saturated heterocycles. The van der Waals surface area contributed by atoms with Crippen LogP contribution in [0.5, 0.6) is 6.01 Å². The lowest BCUT2D eigenvalue weighted by atomic mass is 9.87. The van der Waals surface area contributed by atoms with Crippen LogP contribution in [0.25, 0.3) is 22.0 Å². The molecule has 1 aromatic carbocycles. The number of halogens is 2. The Labute approximate surface area is 249 Å². The van der Waals surface area contributed by atoms with Gasteiger partial charge in [0.05, 0.1) is 23.2 Å². The summed E-state index contributed by atoms with van der Waals surface area (Å²) in [4.78, 5) is 32.6. The third-order valence-corrected chi connectivity index (χ3v) is 10.7. The molecule has 1 amide bonds. The van der Waals surface area contributed by atoms with Crippen molar-refractivity contribution in [1.29, 1.82) is 0 Å². The number of pyridine rings is 1. The fourth-order valence-corrected chi connectivity index (χ4v) is 8.48. The van der Waals surface area contributed by atoms with E-state index in [0.29, 0.717) is 36.5 Å². The lowest BCUT2D eigenvalue weighted by Crippen LogP contribution is -2.63. The summed E-state index contributed by atoms with van der Waals surface area (Å²) in [5.41, 5.74) is 2.46. The van der Waals surface area contributed by atoms with Crippen LogP contribution in [0.3, 0.4) is 0 Å². The normalized spacial score (nSPS) is 24.0. The van der Waals surface area contributed by atoms with Gasteiger partial charge in [-0.15, -0.1) is 0 Å². The SMILES string of the molecule is C=CC(=O)N1CC[C@@H]2[C@H]1CN2c1nc(OCC23CCCN2CCC3)nc2c(F)c(-c3cncc4c3CCCC4)c(F)cc12. The molecule has 2 atom stereocenters. The Morgan fingerprint density at radius 3 is 2.70 bits per heavy atom. The molecule has 4 fully saturated rings. The fraction of sp³-hybridized carbons (Fsp3) is 0.515. The number of rotatable bonds is 6. The molecule has 3 aromatic rings. The second kappa shape index (κ2) is 10.2. The van der Waals surface area contributed by atoms with E-state index < -0.39 is 11.6 Å². The van der Waals surface area contributed by atoms with E-state index in [9.17, 15) is 4.79 Å². The van der Waals surface area contributed by atoms with Crippen LogP contribution in [0, 0.1) is 11.6 Å². The third kappa shape index (κ3) is 4.16. The van der Waals surface area contributed by atoms with Gasteiger partial charge >= 0.3 is 6.01 Å². The van der Waals surface area contributed by atoms with Gasteiger partial charge in [0, 0.05) is 36.4 Å². The zero-order valence-corrected chi connectivity index (χ0v) is 24.3. The average Bonchev–Trinajstić information content (AvgIpc) is 3.69. The summed E-state index contributed by atoms with van der Waals surface area (Å²) in [6.07, 6.45) is 13.5. The average molecular weight is 587 g/mol. The number of carbonyl (C=O) groups is 1. The van der Waals surface area contributed by atoms with E-state index in [-0.39, 0.29) is 40.6 Å². The van der Waals surface area contributed by atoms with Crippen molar-refractivity contribution in [2.75, 3.05) is 37.7 Å². The van der Waals surface area contributed by atoms with E-state index in [2.05, 4.69) is 26.3 Å². The maximum absolute atomic E-state index is 16.7. The number of likely N-dealkylation sites (tertiary alicyclic amines) is 1. The maximum Gasteiger partial charge on any atom is 0.319 e. The first kappa shape index (κ1) is 26.9. The molecule has 10 heteroatoms. The van der Waals surface area contributed by atoms with Gasteiger partial charge in [-0.05, 0) is 94.1 Å². The molecule has 6 heterocycles. The summed E-state index contributed by atoms with van der Waals surface area (Å²) in [6, 6.07) is 1.50. The highest BCUT2D eigenvalue weighted by Crippen LogP contribution is 2.44. The second-order valence-electron chi connectivity index (χ2n) is 12.8. The number of fused-ring (bicyclic) bond motifs is 4. The van der Waals surface area contributed by atoms with Gasteiger partial charge < -0.3 is 14.5 Å². The molecule has 0 radical (unpaired) electrons. The molecule has 43 heavy (non-hydrogen) atoms. The van der Waals surface area contributed by atoms with Crippen molar-refractivity contribution in [3.05, 3.63) is 53.9 Å². The van der Waals surface area contributed by atoms with Crippen LogP contribution in [0.4, 0.5) is 14.6 Å². The van der Waals surface area contributed by atoms with Crippen molar-refractivity contribution in [2.45, 2.75) is 75.4 Å². The number of hydrogen-bond donors (Lipinski definition) is 0. The Balaban J connectivity index is 1.23. The summed E-state index contributed by atoms with van der Waals surface area (Å²) >= 11 is 0. The number of ether oxygens (including phenoxy) is 1. The molecule has 5 aliphatic rings. The second-order valence-corrected chi connectivity index (χ2v) is 12.8. The van der Waals surface area contributed by atoms with Crippen LogP contribution in [-0.2, 0) is 17.6 Å². The number of amides is 1. The first-order chi connectivity index (χ1) is 21.0. The largest absolute Gasteiger partial charge is 0.461 e. The van der Waals surface area contributed by atoms with Crippen LogP contribution in [-0.4, -0.2) is 81.1 Å². The topological polar surface area (TPSA) is 74.7 Å². The van der Waals surface area contributed by atoms with Crippen molar-refractivity contribution in [3.8, 4) is 17.1 Å². The molecular formula is C33H36F2N6O2. The number of anilines is 1. The Morgan fingerprint density at radius 2 is 1.88 bits per heavy atom. The van der Waals surface area contributed by atoms with E-state index in [4.69, 9.17) is 9.72 Å². The van der Waals surface area contributed by atoms with Crippen LogP contribution in [0.2, 0.25) is 0 Å². The molecule has 0 bridgehead atoms. The lowest BCUT2D eigenvalue weighted by molar-refractivity contribution is -0.127. The molecule has 4 aliphatic heterocycles. The quantitative estimate of drug-likeness (QED) is 0.383. The van der Waals surface area contributed by atoms with Crippen LogP contribution in [0.15, 0.2) is 31.1 Å². The van der Waals surface area contributed by atoms with Crippen molar-refractivity contribution in [1.82, 2.24) is 24.8 Å². The first-order valence-corrected chi connectivity index (χ1v) is 15.7. The molecular weight excluding hydrogens is 550 g/mol. The molecule has 0 N–H and O–H groups in total. The maximum atomic E-state index is 16.7. The highest BCUT2D eigenvalue weighted by Gasteiger charge is 2.50. The minimum absolute atomic E-state index is 0.00439. The standard InChI is InChI=1S/C33H36F2N6O2/c1-2-27(42)40-14-9-25-26(40)18-41(25)31-22-15-24(34)28(23-17-36-16-20-7-3-4-8-21(20)23)29(35)30(22)37-32(38-31)43-19-33-10-5-12-39(33)13-6-11-33/h2,15-17,25-26H,1,3-14,18-19H2/t25-,26-/m1/s1. The number of benzene rings is 1. The van der Waals surface area contributed by atoms with Crippen molar-refractivity contribution < 1.29 is 18.3 Å². The van der Waals surface area contributed by atoms with Crippen molar-refractivity contribution in [3.63, 3.8) is 0 Å². The van der Waals surface area contributed by atoms with Gasteiger partial charge in [-0.25, -0.2) is 8.78 Å². The fourth-order valence-electron chi connectivity index (χ4n) is 8.48. The van der Waals surface area contributed by atoms with Gasteiger partial charge in [0.25, 0.3) is 0 Å². The number of aryl methyl sites for hydroxylation is 1. The number of carbonyl (C=O) groups excluding carboxylic acids is 1. The van der Waals surface area contributed by atoms with Crippen LogP contribution >= 0.6 is 0 Å². The molecule has 0 saturated carbocycles. The zero-order chi connectivity index (χ0) is 29.3.